The van der Waals surface area contributed by atoms with Crippen LogP contribution in [0.5, 0.6) is 0 Å². The van der Waals surface area contributed by atoms with Gasteiger partial charge >= 0.3 is 0 Å². The van der Waals surface area contributed by atoms with Crippen molar-refractivity contribution >= 4 is 44.2 Å². The third-order valence-electron chi connectivity index (χ3n) is 4.36. The molecule has 1 aromatic carbocycles. The lowest BCUT2D eigenvalue weighted by Gasteiger charge is -2.25. The van der Waals surface area contributed by atoms with Gasteiger partial charge in [-0.3, -0.25) is 4.90 Å². The molecule has 6 nitrogen and oxygen atoms in total. The Hall–Kier alpha value is -1.29. The summed E-state index contributed by atoms with van der Waals surface area (Å²) in [4.78, 5) is 2.13. The van der Waals surface area contributed by atoms with Crippen LogP contribution in [-0.2, 0) is 16.5 Å². The Bertz CT molecular complexity index is 887. The third kappa shape index (κ3) is 4.66. The van der Waals surface area contributed by atoms with Gasteiger partial charge in [-0.05, 0) is 44.2 Å². The monoisotopic (exact) mass is 398 g/mol. The zero-order valence-corrected chi connectivity index (χ0v) is 16.8. The quantitative estimate of drug-likeness (QED) is 0.754. The van der Waals surface area contributed by atoms with Crippen LogP contribution in [0, 0.1) is 10.9 Å². The molecular formula is C16H22N4O2S3. The van der Waals surface area contributed by atoms with E-state index in [0.717, 1.165) is 17.4 Å². The molecule has 0 saturated carbocycles. The van der Waals surface area contributed by atoms with E-state index >= 15 is 0 Å². The summed E-state index contributed by atoms with van der Waals surface area (Å²) in [6.07, 6.45) is 0.683. The highest BCUT2D eigenvalue weighted by Gasteiger charge is 2.31. The fraction of sp³-hybridized carbons (Fsp3) is 0.500. The molecule has 0 amide bonds. The Morgan fingerprint density at radius 1 is 1.40 bits per heavy atom. The van der Waals surface area contributed by atoms with Gasteiger partial charge in [-0.2, -0.15) is 0 Å². The minimum absolute atomic E-state index is 0.0482. The Morgan fingerprint density at radius 2 is 2.12 bits per heavy atom. The van der Waals surface area contributed by atoms with Crippen molar-refractivity contribution in [1.82, 2.24) is 14.7 Å². The van der Waals surface area contributed by atoms with Gasteiger partial charge in [-0.15, -0.1) is 5.10 Å². The van der Waals surface area contributed by atoms with Crippen molar-refractivity contribution in [1.29, 1.82) is 0 Å². The summed E-state index contributed by atoms with van der Waals surface area (Å²) in [5, 5.41) is 8.56. The van der Waals surface area contributed by atoms with Crippen LogP contribution in [0.25, 0.3) is 0 Å². The molecule has 9 heteroatoms. The van der Waals surface area contributed by atoms with E-state index in [1.165, 1.54) is 16.9 Å². The van der Waals surface area contributed by atoms with E-state index in [2.05, 4.69) is 15.3 Å². The Labute approximate surface area is 157 Å². The molecule has 1 fully saturated rings. The summed E-state index contributed by atoms with van der Waals surface area (Å²) < 4.78 is 25.9. The van der Waals surface area contributed by atoms with Gasteiger partial charge in [0.05, 0.1) is 18.2 Å². The molecule has 2 aromatic rings. The molecule has 25 heavy (non-hydrogen) atoms. The highest BCUT2D eigenvalue weighted by Crippen LogP contribution is 2.22. The van der Waals surface area contributed by atoms with Crippen LogP contribution in [0.2, 0.25) is 0 Å². The summed E-state index contributed by atoms with van der Waals surface area (Å²) in [5.74, 6) is 0.504. The van der Waals surface area contributed by atoms with Gasteiger partial charge in [0.2, 0.25) is 5.13 Å². The molecule has 0 bridgehead atoms. The van der Waals surface area contributed by atoms with Crippen LogP contribution in [0.1, 0.15) is 18.9 Å². The molecular weight excluding hydrogens is 376 g/mol. The highest BCUT2D eigenvalue weighted by molar-refractivity contribution is 7.91. The molecule has 3 rings (SSSR count). The summed E-state index contributed by atoms with van der Waals surface area (Å²) in [6.45, 7) is 5.36. The fourth-order valence-electron chi connectivity index (χ4n) is 2.92. The number of hydrogen-bond acceptors (Lipinski definition) is 7. The standard InChI is InChI=1S/C16H22N4O2S3/c1-3-19(14-8-9-25(21,22)10-14)11-20-16(23)24-15(18-20)17-13-6-4-12(2)5-7-13/h4-7,14H,3,8-11H2,1-2H3,(H,17,18)/t14-/m0/s1. The van der Waals surface area contributed by atoms with Gasteiger partial charge in [-0.25, -0.2) is 13.1 Å². The lowest BCUT2D eigenvalue weighted by molar-refractivity contribution is 0.165. The van der Waals surface area contributed by atoms with Crippen LogP contribution in [0.3, 0.4) is 0 Å². The van der Waals surface area contributed by atoms with E-state index in [4.69, 9.17) is 12.2 Å². The summed E-state index contributed by atoms with van der Waals surface area (Å²) >= 11 is 6.85. The Kier molecular flexibility index (Phi) is 5.57. The number of benzene rings is 1. The first kappa shape index (κ1) is 18.5. The van der Waals surface area contributed by atoms with E-state index < -0.39 is 9.84 Å². The minimum atomic E-state index is -2.90. The molecule has 2 heterocycles. The Morgan fingerprint density at radius 3 is 2.72 bits per heavy atom. The van der Waals surface area contributed by atoms with E-state index in [1.807, 2.05) is 38.1 Å². The van der Waals surface area contributed by atoms with Gasteiger partial charge in [0.25, 0.3) is 0 Å². The molecule has 1 aliphatic rings. The van der Waals surface area contributed by atoms with Crippen LogP contribution < -0.4 is 5.32 Å². The molecule has 0 aliphatic carbocycles. The molecule has 1 atom stereocenters. The molecule has 1 aliphatic heterocycles. The zero-order chi connectivity index (χ0) is 18.0. The Balaban J connectivity index is 1.71. The second-order valence-electron chi connectivity index (χ2n) is 6.27. The first-order chi connectivity index (χ1) is 11.9. The lowest BCUT2D eigenvalue weighted by Crippen LogP contribution is -2.37. The molecule has 0 spiro atoms. The van der Waals surface area contributed by atoms with Crippen LogP contribution >= 0.6 is 23.6 Å². The van der Waals surface area contributed by atoms with Crippen molar-refractivity contribution < 1.29 is 8.42 Å². The zero-order valence-electron chi connectivity index (χ0n) is 14.3. The number of nitrogens with zero attached hydrogens (tertiary/aromatic N) is 3. The van der Waals surface area contributed by atoms with Crippen molar-refractivity contribution in [3.8, 4) is 0 Å². The summed E-state index contributed by atoms with van der Waals surface area (Å²) in [6, 6.07) is 8.14. The number of aryl methyl sites for hydroxylation is 1. The largest absolute Gasteiger partial charge is 0.330 e. The summed E-state index contributed by atoms with van der Waals surface area (Å²) in [7, 11) is -2.90. The number of sulfone groups is 1. The smallest absolute Gasteiger partial charge is 0.209 e. The number of anilines is 2. The average molecular weight is 399 g/mol. The highest BCUT2D eigenvalue weighted by atomic mass is 32.2. The maximum Gasteiger partial charge on any atom is 0.209 e. The van der Waals surface area contributed by atoms with Crippen molar-refractivity contribution in [3.63, 3.8) is 0 Å². The van der Waals surface area contributed by atoms with Crippen LogP contribution in [0.4, 0.5) is 10.8 Å². The first-order valence-corrected chi connectivity index (χ1v) is 11.3. The van der Waals surface area contributed by atoms with E-state index in [0.29, 0.717) is 17.0 Å². The molecule has 1 saturated heterocycles. The maximum atomic E-state index is 11.7. The second-order valence-corrected chi connectivity index (χ2v) is 10.1. The first-order valence-electron chi connectivity index (χ1n) is 8.22. The van der Waals surface area contributed by atoms with Crippen molar-refractivity contribution in [3.05, 3.63) is 33.8 Å². The molecule has 1 N–H and O–H groups in total. The predicted molar refractivity (Wildman–Crippen MR) is 105 cm³/mol. The van der Waals surface area contributed by atoms with Gasteiger partial charge < -0.3 is 5.32 Å². The van der Waals surface area contributed by atoms with Crippen molar-refractivity contribution in [2.45, 2.75) is 33.0 Å². The average Bonchev–Trinajstić information content (AvgIpc) is 3.09. The third-order valence-corrected chi connectivity index (χ3v) is 7.33. The molecule has 0 unspecified atom stereocenters. The van der Waals surface area contributed by atoms with Gasteiger partial charge in [0, 0.05) is 11.7 Å². The van der Waals surface area contributed by atoms with Crippen molar-refractivity contribution in [2.75, 3.05) is 23.4 Å². The van der Waals surface area contributed by atoms with Gasteiger partial charge in [0.1, 0.15) is 0 Å². The molecule has 1 aromatic heterocycles. The number of rotatable bonds is 6. The molecule has 136 valence electrons. The van der Waals surface area contributed by atoms with Gasteiger partial charge in [0.15, 0.2) is 13.8 Å². The number of nitrogens with one attached hydrogen (secondary N) is 1. The van der Waals surface area contributed by atoms with Gasteiger partial charge in [-0.1, -0.05) is 36.0 Å². The molecule has 0 radical (unpaired) electrons. The number of aromatic nitrogens is 2. The van der Waals surface area contributed by atoms with Crippen molar-refractivity contribution in [2.24, 2.45) is 0 Å². The maximum absolute atomic E-state index is 11.7. The van der Waals surface area contributed by atoms with E-state index in [1.54, 1.807) is 4.68 Å². The van der Waals surface area contributed by atoms with Crippen LogP contribution in [-0.4, -0.2) is 47.2 Å². The predicted octanol–water partition coefficient (Wildman–Crippen LogP) is 3.19. The van der Waals surface area contributed by atoms with Crippen LogP contribution in [0.15, 0.2) is 24.3 Å². The fourth-order valence-corrected chi connectivity index (χ4v) is 5.69. The topological polar surface area (TPSA) is 67.2 Å². The lowest BCUT2D eigenvalue weighted by atomic mass is 10.2. The number of hydrogen-bond donors (Lipinski definition) is 1. The SMILES string of the molecule is CCN(Cn1nc(Nc2ccc(C)cc2)sc1=S)[C@H]1CCS(=O)(=O)C1. The second kappa shape index (κ2) is 7.53. The minimum Gasteiger partial charge on any atom is -0.330 e. The van der Waals surface area contributed by atoms with E-state index in [-0.39, 0.29) is 17.5 Å². The normalized spacial score (nSPS) is 19.4. The van der Waals surface area contributed by atoms with E-state index in [9.17, 15) is 8.42 Å². The summed E-state index contributed by atoms with van der Waals surface area (Å²) in [5.41, 5.74) is 2.17.